The number of nitrogen functional groups attached to an aromatic ring is 1. The van der Waals surface area contributed by atoms with E-state index in [1.807, 2.05) is 0 Å². The van der Waals surface area contributed by atoms with E-state index < -0.39 is 5.56 Å². The maximum absolute atomic E-state index is 11.3. The van der Waals surface area contributed by atoms with Gasteiger partial charge in [-0.25, -0.2) is 4.99 Å². The lowest BCUT2D eigenvalue weighted by Gasteiger charge is -2.02. The van der Waals surface area contributed by atoms with Crippen molar-refractivity contribution in [3.8, 4) is 0 Å². The molecule has 0 spiro atoms. The molecule has 18 heavy (non-hydrogen) atoms. The van der Waals surface area contributed by atoms with Gasteiger partial charge in [0.2, 0.25) is 5.91 Å². The van der Waals surface area contributed by atoms with Crippen LogP contribution in [0.1, 0.15) is 13.3 Å². The minimum Gasteiger partial charge on any atom is -0.391 e. The molecule has 0 saturated carbocycles. The number of rotatable bonds is 4. The van der Waals surface area contributed by atoms with Crippen molar-refractivity contribution in [3.05, 3.63) is 15.1 Å². The summed E-state index contributed by atoms with van der Waals surface area (Å²) in [6, 6.07) is 0. The first-order chi connectivity index (χ1) is 8.40. The quantitative estimate of drug-likeness (QED) is 0.367. The topological polar surface area (TPSA) is 130 Å². The van der Waals surface area contributed by atoms with Gasteiger partial charge in [-0.05, 0) is 19.1 Å². The van der Waals surface area contributed by atoms with E-state index in [2.05, 4.69) is 15.0 Å². The third kappa shape index (κ3) is 4.34. The molecule has 1 aromatic heterocycles. The summed E-state index contributed by atoms with van der Waals surface area (Å²) in [7, 11) is 0. The Morgan fingerprint density at radius 2 is 2.17 bits per heavy atom. The number of hydrogen-bond donors (Lipinski definition) is 4. The Hall–Kier alpha value is -1.61. The van der Waals surface area contributed by atoms with Crippen LogP contribution in [0.15, 0.2) is 9.79 Å². The average Bonchev–Trinajstić information content (AvgIpc) is 2.24. The van der Waals surface area contributed by atoms with E-state index in [9.17, 15) is 9.59 Å². The number of H-pyrrole nitrogens is 2. The number of nitrogens with zero attached hydrogens (tertiary/aromatic N) is 1. The summed E-state index contributed by atoms with van der Waals surface area (Å²) in [5.74, 6) is 0.368. The average molecular weight is 287 g/mol. The molecule has 7 nitrogen and oxygen atoms in total. The minimum absolute atomic E-state index is 0.0292. The SMILES string of the molecule is CC(=Nc1[nH]c(=S)[nH]c(=O)c1N)SCCC(N)=O. The van der Waals surface area contributed by atoms with Crippen molar-refractivity contribution in [1.82, 2.24) is 9.97 Å². The third-order valence-electron chi connectivity index (χ3n) is 1.89. The van der Waals surface area contributed by atoms with Crippen molar-refractivity contribution in [2.75, 3.05) is 11.5 Å². The van der Waals surface area contributed by atoms with Crippen molar-refractivity contribution in [2.24, 2.45) is 10.7 Å². The summed E-state index contributed by atoms with van der Waals surface area (Å²) < 4.78 is 0.155. The number of thioether (sulfide) groups is 1. The van der Waals surface area contributed by atoms with Crippen LogP contribution in [0.3, 0.4) is 0 Å². The van der Waals surface area contributed by atoms with Crippen LogP contribution in [-0.2, 0) is 4.79 Å². The molecule has 0 saturated heterocycles. The van der Waals surface area contributed by atoms with Gasteiger partial charge in [-0.3, -0.25) is 14.6 Å². The second kappa shape index (κ2) is 6.36. The largest absolute Gasteiger partial charge is 0.391 e. The number of aromatic amines is 2. The van der Waals surface area contributed by atoms with Crippen LogP contribution in [0, 0.1) is 4.77 Å². The van der Waals surface area contributed by atoms with Gasteiger partial charge in [-0.15, -0.1) is 11.8 Å². The molecule has 1 heterocycles. The van der Waals surface area contributed by atoms with Crippen LogP contribution in [0.25, 0.3) is 0 Å². The van der Waals surface area contributed by atoms with Crippen molar-refractivity contribution < 1.29 is 4.79 Å². The van der Waals surface area contributed by atoms with Crippen LogP contribution in [-0.4, -0.2) is 26.7 Å². The minimum atomic E-state index is -0.479. The highest BCUT2D eigenvalue weighted by atomic mass is 32.2. The Kier molecular flexibility index (Phi) is 5.10. The summed E-state index contributed by atoms with van der Waals surface area (Å²) >= 11 is 6.16. The standard InChI is InChI=1S/C9H13N5O2S2/c1-4(18-3-2-5(10)15)12-7-6(11)8(16)14-9(17)13-7/h2-3,11H2,1H3,(H2,10,15)(H2,13,14,16,17). The van der Waals surface area contributed by atoms with Gasteiger partial charge in [0, 0.05) is 12.2 Å². The molecule has 0 fully saturated rings. The van der Waals surface area contributed by atoms with Crippen LogP contribution >= 0.6 is 24.0 Å². The number of anilines is 1. The number of amides is 1. The Balaban J connectivity index is 2.85. The molecule has 0 aliphatic heterocycles. The second-order valence-corrected chi connectivity index (χ2v) is 5.06. The van der Waals surface area contributed by atoms with Crippen molar-refractivity contribution in [1.29, 1.82) is 0 Å². The summed E-state index contributed by atoms with van der Waals surface area (Å²) in [4.78, 5) is 31.1. The molecular weight excluding hydrogens is 274 g/mol. The number of aromatic nitrogens is 2. The molecule has 0 aliphatic carbocycles. The summed E-state index contributed by atoms with van der Waals surface area (Å²) in [5, 5.41) is 0.652. The van der Waals surface area contributed by atoms with Crippen molar-refractivity contribution in [2.45, 2.75) is 13.3 Å². The van der Waals surface area contributed by atoms with Gasteiger partial charge in [0.15, 0.2) is 10.6 Å². The van der Waals surface area contributed by atoms with Gasteiger partial charge < -0.3 is 16.5 Å². The highest BCUT2D eigenvalue weighted by Crippen LogP contribution is 2.16. The zero-order valence-electron chi connectivity index (χ0n) is 9.65. The molecule has 98 valence electrons. The van der Waals surface area contributed by atoms with E-state index in [0.717, 1.165) is 0 Å². The highest BCUT2D eigenvalue weighted by Gasteiger charge is 2.04. The van der Waals surface area contributed by atoms with Crippen LogP contribution in [0.2, 0.25) is 0 Å². The zero-order valence-corrected chi connectivity index (χ0v) is 11.3. The fraction of sp³-hybridized carbons (Fsp3) is 0.333. The molecule has 1 amide bonds. The molecular formula is C9H13N5O2S2. The molecule has 0 radical (unpaired) electrons. The number of aliphatic imine (C=N–C) groups is 1. The van der Waals surface area contributed by atoms with Gasteiger partial charge >= 0.3 is 0 Å². The Morgan fingerprint density at radius 3 is 2.78 bits per heavy atom. The number of primary amides is 1. The van der Waals surface area contributed by atoms with Gasteiger partial charge in [-0.1, -0.05) is 0 Å². The highest BCUT2D eigenvalue weighted by molar-refractivity contribution is 8.13. The zero-order chi connectivity index (χ0) is 13.7. The van der Waals surface area contributed by atoms with Gasteiger partial charge in [0.25, 0.3) is 5.56 Å². The number of nitrogens with one attached hydrogen (secondary N) is 2. The molecule has 0 bridgehead atoms. The fourth-order valence-electron chi connectivity index (χ4n) is 1.06. The predicted molar refractivity (Wildman–Crippen MR) is 75.7 cm³/mol. The Labute approximate surface area is 112 Å². The summed E-state index contributed by atoms with van der Waals surface area (Å²) in [6.45, 7) is 1.74. The molecule has 0 unspecified atom stereocenters. The number of carbonyl (C=O) groups excluding carboxylic acids is 1. The van der Waals surface area contributed by atoms with Gasteiger partial charge in [0.1, 0.15) is 5.69 Å². The van der Waals surface area contributed by atoms with Gasteiger partial charge in [0.05, 0.1) is 5.04 Å². The molecule has 0 aliphatic rings. The lowest BCUT2D eigenvalue weighted by Crippen LogP contribution is -2.13. The predicted octanol–water partition coefficient (Wildman–Crippen LogP) is 0.673. The maximum Gasteiger partial charge on any atom is 0.277 e. The molecule has 1 aromatic rings. The number of nitrogens with two attached hydrogens (primary N) is 2. The Bertz CT molecular complexity index is 589. The normalized spacial score (nSPS) is 11.5. The van der Waals surface area contributed by atoms with E-state index in [1.165, 1.54) is 11.8 Å². The summed E-state index contributed by atoms with van der Waals surface area (Å²) in [5.41, 5.74) is 10.1. The summed E-state index contributed by atoms with van der Waals surface area (Å²) in [6.07, 6.45) is 0.262. The number of hydrogen-bond acceptors (Lipinski definition) is 6. The monoisotopic (exact) mass is 287 g/mol. The Morgan fingerprint density at radius 1 is 1.50 bits per heavy atom. The van der Waals surface area contributed by atoms with Crippen molar-refractivity contribution >= 4 is 46.4 Å². The fourth-order valence-corrected chi connectivity index (χ4v) is 2.01. The van der Waals surface area contributed by atoms with E-state index in [4.69, 9.17) is 23.7 Å². The molecule has 6 N–H and O–H groups in total. The molecule has 0 aromatic carbocycles. The third-order valence-corrected chi connectivity index (χ3v) is 3.01. The van der Waals surface area contributed by atoms with E-state index >= 15 is 0 Å². The smallest absolute Gasteiger partial charge is 0.277 e. The first-order valence-electron chi connectivity index (χ1n) is 4.98. The van der Waals surface area contributed by atoms with E-state index in [1.54, 1.807) is 6.92 Å². The van der Waals surface area contributed by atoms with Crippen molar-refractivity contribution in [3.63, 3.8) is 0 Å². The lowest BCUT2D eigenvalue weighted by atomic mass is 10.5. The molecule has 9 heteroatoms. The van der Waals surface area contributed by atoms with Crippen LogP contribution < -0.4 is 17.0 Å². The molecule has 0 atom stereocenters. The molecule has 1 rings (SSSR count). The van der Waals surface area contributed by atoms with E-state index in [-0.39, 0.29) is 28.6 Å². The first-order valence-corrected chi connectivity index (χ1v) is 6.38. The maximum atomic E-state index is 11.3. The van der Waals surface area contributed by atoms with Gasteiger partial charge in [-0.2, -0.15) is 0 Å². The lowest BCUT2D eigenvalue weighted by molar-refractivity contribution is -0.117. The first kappa shape index (κ1) is 14.5. The number of carbonyl (C=O) groups is 1. The van der Waals surface area contributed by atoms with Crippen LogP contribution in [0.4, 0.5) is 11.5 Å². The second-order valence-electron chi connectivity index (χ2n) is 3.37. The van der Waals surface area contributed by atoms with Crippen LogP contribution in [0.5, 0.6) is 0 Å². The van der Waals surface area contributed by atoms with E-state index in [0.29, 0.717) is 10.8 Å².